The Hall–Kier alpha value is -2.84. The minimum Gasteiger partial charge on any atom is -0.503 e. The molecule has 0 radical (unpaired) electrons. The molecule has 1 aliphatic heterocycles. The van der Waals surface area contributed by atoms with Crippen LogP contribution in [0.3, 0.4) is 0 Å². The van der Waals surface area contributed by atoms with Gasteiger partial charge in [0.25, 0.3) is 11.8 Å². The van der Waals surface area contributed by atoms with Gasteiger partial charge in [0.2, 0.25) is 0 Å². The summed E-state index contributed by atoms with van der Waals surface area (Å²) in [6.07, 6.45) is 1.31. The van der Waals surface area contributed by atoms with Gasteiger partial charge < -0.3 is 9.84 Å². The molecule has 144 valence electrons. The van der Waals surface area contributed by atoms with Gasteiger partial charge >= 0.3 is 6.03 Å². The molecule has 2 N–H and O–H groups in total. The van der Waals surface area contributed by atoms with Crippen molar-refractivity contribution in [1.29, 1.82) is 0 Å². The minimum absolute atomic E-state index is 0.115. The van der Waals surface area contributed by atoms with E-state index in [9.17, 15) is 19.5 Å². The standard InChI is InChI=1S/C19H14BrClN2O5/c1-9-13(21)4-3-5-14(9)23-18(26)11(17(25)22-19(23)27)6-10-7-12(20)16(24)15(8-10)28-2/h3-8,24H,1-2H3,(H,22,25,27). The number of aromatic hydroxyl groups is 1. The number of hydrogen-bond donors (Lipinski definition) is 2. The molecule has 9 heteroatoms. The summed E-state index contributed by atoms with van der Waals surface area (Å²) >= 11 is 9.28. The van der Waals surface area contributed by atoms with Crippen molar-refractivity contribution in [2.45, 2.75) is 6.92 Å². The van der Waals surface area contributed by atoms with Crippen molar-refractivity contribution in [3.63, 3.8) is 0 Å². The molecule has 0 bridgehead atoms. The fraction of sp³-hybridized carbons (Fsp3) is 0.105. The van der Waals surface area contributed by atoms with E-state index in [0.717, 1.165) is 4.90 Å². The quantitative estimate of drug-likeness (QED) is 0.531. The average Bonchev–Trinajstić information content (AvgIpc) is 2.64. The summed E-state index contributed by atoms with van der Waals surface area (Å²) in [5.74, 6) is -1.57. The number of barbiturate groups is 1. The fourth-order valence-corrected chi connectivity index (χ4v) is 3.34. The number of rotatable bonds is 3. The molecule has 7 nitrogen and oxygen atoms in total. The van der Waals surface area contributed by atoms with Crippen molar-refractivity contribution in [1.82, 2.24) is 5.32 Å². The normalized spacial score (nSPS) is 15.8. The number of carbonyl (C=O) groups is 3. The Labute approximate surface area is 173 Å². The summed E-state index contributed by atoms with van der Waals surface area (Å²) in [6.45, 7) is 1.67. The number of phenolic OH excluding ortho intramolecular Hbond substituents is 1. The van der Waals surface area contributed by atoms with Crippen LogP contribution in [0.2, 0.25) is 5.02 Å². The van der Waals surface area contributed by atoms with Gasteiger partial charge in [-0.05, 0) is 64.3 Å². The molecule has 28 heavy (non-hydrogen) atoms. The smallest absolute Gasteiger partial charge is 0.335 e. The number of nitrogens with one attached hydrogen (secondary N) is 1. The Kier molecular flexibility index (Phi) is 5.44. The number of amides is 4. The third-order valence-corrected chi connectivity index (χ3v) is 5.18. The highest BCUT2D eigenvalue weighted by Crippen LogP contribution is 2.36. The minimum atomic E-state index is -0.859. The highest BCUT2D eigenvalue weighted by atomic mass is 79.9. The summed E-state index contributed by atoms with van der Waals surface area (Å²) < 4.78 is 5.39. The first-order valence-electron chi connectivity index (χ1n) is 7.97. The number of carbonyl (C=O) groups excluding carboxylic acids is 3. The Balaban J connectivity index is 2.09. The monoisotopic (exact) mass is 464 g/mol. The van der Waals surface area contributed by atoms with Crippen LogP contribution in [0.25, 0.3) is 6.08 Å². The number of halogens is 2. The van der Waals surface area contributed by atoms with Crippen molar-refractivity contribution in [2.24, 2.45) is 0 Å². The molecule has 0 atom stereocenters. The number of phenols is 1. The molecule has 0 spiro atoms. The maximum atomic E-state index is 13.0. The van der Waals surface area contributed by atoms with Crippen LogP contribution in [0.4, 0.5) is 10.5 Å². The van der Waals surface area contributed by atoms with E-state index in [2.05, 4.69) is 21.2 Å². The molecule has 0 saturated carbocycles. The molecule has 1 saturated heterocycles. The van der Waals surface area contributed by atoms with Crippen molar-refractivity contribution >= 4 is 57.1 Å². The fourth-order valence-electron chi connectivity index (χ4n) is 2.71. The number of benzene rings is 2. The number of urea groups is 1. The van der Waals surface area contributed by atoms with E-state index in [1.807, 2.05) is 0 Å². The molecule has 0 aliphatic carbocycles. The Bertz CT molecular complexity index is 1050. The van der Waals surface area contributed by atoms with Crippen LogP contribution in [0, 0.1) is 6.92 Å². The lowest BCUT2D eigenvalue weighted by molar-refractivity contribution is -0.122. The number of nitrogens with zero attached hydrogens (tertiary/aromatic N) is 1. The van der Waals surface area contributed by atoms with Crippen LogP contribution in [-0.2, 0) is 9.59 Å². The van der Waals surface area contributed by atoms with Crippen LogP contribution < -0.4 is 15.0 Å². The first-order chi connectivity index (χ1) is 13.2. The van der Waals surface area contributed by atoms with Crippen molar-refractivity contribution in [3.05, 3.63) is 56.5 Å². The van der Waals surface area contributed by atoms with Gasteiger partial charge in [-0.3, -0.25) is 14.9 Å². The zero-order valence-electron chi connectivity index (χ0n) is 14.7. The summed E-state index contributed by atoms with van der Waals surface area (Å²) in [5.41, 5.74) is 0.962. The van der Waals surface area contributed by atoms with Crippen LogP contribution >= 0.6 is 27.5 Å². The maximum absolute atomic E-state index is 13.0. The molecule has 4 amide bonds. The SMILES string of the molecule is COc1cc(C=C2C(=O)NC(=O)N(c3cccc(Cl)c3C)C2=O)cc(Br)c1O. The van der Waals surface area contributed by atoms with E-state index in [-0.39, 0.29) is 22.8 Å². The van der Waals surface area contributed by atoms with Crippen LogP contribution in [0.5, 0.6) is 11.5 Å². The molecule has 3 rings (SSSR count). The number of anilines is 1. The van der Waals surface area contributed by atoms with E-state index in [1.54, 1.807) is 25.1 Å². The van der Waals surface area contributed by atoms with Crippen LogP contribution in [0.15, 0.2) is 40.4 Å². The second-order valence-electron chi connectivity index (χ2n) is 5.90. The molecule has 1 aliphatic rings. The second-order valence-corrected chi connectivity index (χ2v) is 7.16. The van der Waals surface area contributed by atoms with Gasteiger partial charge in [-0.25, -0.2) is 9.69 Å². The molecule has 2 aromatic rings. The largest absolute Gasteiger partial charge is 0.503 e. The summed E-state index contributed by atoms with van der Waals surface area (Å²) in [7, 11) is 1.37. The summed E-state index contributed by atoms with van der Waals surface area (Å²) in [4.78, 5) is 38.4. The van der Waals surface area contributed by atoms with E-state index >= 15 is 0 Å². The van der Waals surface area contributed by atoms with Crippen LogP contribution in [0.1, 0.15) is 11.1 Å². The van der Waals surface area contributed by atoms with E-state index in [1.165, 1.54) is 25.3 Å². The Morgan fingerprint density at radius 3 is 2.64 bits per heavy atom. The van der Waals surface area contributed by atoms with Gasteiger partial charge in [-0.2, -0.15) is 0 Å². The molecule has 2 aromatic carbocycles. The number of hydrogen-bond acceptors (Lipinski definition) is 5. The lowest BCUT2D eigenvalue weighted by atomic mass is 10.1. The number of imide groups is 2. The van der Waals surface area contributed by atoms with Gasteiger partial charge in [-0.15, -0.1) is 0 Å². The highest BCUT2D eigenvalue weighted by molar-refractivity contribution is 9.10. The summed E-state index contributed by atoms with van der Waals surface area (Å²) in [6, 6.07) is 6.91. The molecular formula is C19H14BrClN2O5. The van der Waals surface area contributed by atoms with Gasteiger partial charge in [0.1, 0.15) is 5.57 Å². The highest BCUT2D eigenvalue weighted by Gasteiger charge is 2.37. The lowest BCUT2D eigenvalue weighted by Gasteiger charge is -2.27. The van der Waals surface area contributed by atoms with Gasteiger partial charge in [0.15, 0.2) is 11.5 Å². The zero-order valence-corrected chi connectivity index (χ0v) is 17.1. The zero-order chi connectivity index (χ0) is 20.6. The first-order valence-corrected chi connectivity index (χ1v) is 9.14. The van der Waals surface area contributed by atoms with Crippen molar-refractivity contribution in [3.8, 4) is 11.5 Å². The lowest BCUT2D eigenvalue weighted by Crippen LogP contribution is -2.54. The third kappa shape index (κ3) is 3.48. The molecule has 0 aromatic heterocycles. The molecule has 1 fully saturated rings. The van der Waals surface area contributed by atoms with E-state index < -0.39 is 17.8 Å². The van der Waals surface area contributed by atoms with Gasteiger partial charge in [0.05, 0.1) is 17.3 Å². The first kappa shape index (κ1) is 19.9. The van der Waals surface area contributed by atoms with Crippen LogP contribution in [-0.4, -0.2) is 30.1 Å². The molecular weight excluding hydrogens is 452 g/mol. The van der Waals surface area contributed by atoms with Crippen molar-refractivity contribution in [2.75, 3.05) is 12.0 Å². The van der Waals surface area contributed by atoms with E-state index in [4.69, 9.17) is 16.3 Å². The van der Waals surface area contributed by atoms with Gasteiger partial charge in [-0.1, -0.05) is 17.7 Å². The number of ether oxygens (including phenoxy) is 1. The number of methoxy groups -OCH3 is 1. The molecule has 1 heterocycles. The summed E-state index contributed by atoms with van der Waals surface area (Å²) in [5, 5.41) is 12.4. The van der Waals surface area contributed by atoms with E-state index in [0.29, 0.717) is 20.6 Å². The predicted octanol–water partition coefficient (Wildman–Crippen LogP) is 3.79. The Morgan fingerprint density at radius 2 is 1.96 bits per heavy atom. The van der Waals surface area contributed by atoms with Crippen molar-refractivity contribution < 1.29 is 24.2 Å². The second kappa shape index (κ2) is 7.65. The Morgan fingerprint density at radius 1 is 1.25 bits per heavy atom. The topological polar surface area (TPSA) is 95.9 Å². The maximum Gasteiger partial charge on any atom is 0.335 e. The third-order valence-electron chi connectivity index (χ3n) is 4.16. The average molecular weight is 466 g/mol. The van der Waals surface area contributed by atoms with Gasteiger partial charge in [0, 0.05) is 5.02 Å². The predicted molar refractivity (Wildman–Crippen MR) is 108 cm³/mol. The molecule has 0 unspecified atom stereocenters.